The summed E-state index contributed by atoms with van der Waals surface area (Å²) in [5.74, 6) is 1.78. The van der Waals surface area contributed by atoms with Gasteiger partial charge in [-0.25, -0.2) is 4.98 Å². The number of anilines is 1. The van der Waals surface area contributed by atoms with Crippen molar-refractivity contribution < 1.29 is 4.74 Å². The molecule has 2 unspecified atom stereocenters. The highest BCUT2D eigenvalue weighted by Gasteiger charge is 2.34. The fraction of sp³-hybridized carbons (Fsp3) is 0.688. The van der Waals surface area contributed by atoms with Gasteiger partial charge in [-0.3, -0.25) is 0 Å². The summed E-state index contributed by atoms with van der Waals surface area (Å²) in [5.41, 5.74) is 1.13. The van der Waals surface area contributed by atoms with E-state index in [-0.39, 0.29) is 0 Å². The number of ether oxygens (including phenoxy) is 1. The molecule has 2 aliphatic heterocycles. The second kappa shape index (κ2) is 6.10. The molecule has 0 amide bonds. The summed E-state index contributed by atoms with van der Waals surface area (Å²) in [5, 5.41) is 3.46. The fourth-order valence-electron chi connectivity index (χ4n) is 3.03. The zero-order chi connectivity index (χ0) is 13.9. The molecule has 3 heterocycles. The van der Waals surface area contributed by atoms with Crippen molar-refractivity contribution in [1.29, 1.82) is 0 Å². The van der Waals surface area contributed by atoms with Crippen LogP contribution in [0.25, 0.3) is 0 Å². The van der Waals surface area contributed by atoms with Crippen LogP contribution in [-0.2, 0) is 11.3 Å². The summed E-state index contributed by atoms with van der Waals surface area (Å²) in [7, 11) is 0. The summed E-state index contributed by atoms with van der Waals surface area (Å²) < 4.78 is 5.89. The minimum Gasteiger partial charge on any atom is -0.371 e. The summed E-state index contributed by atoms with van der Waals surface area (Å²) in [4.78, 5) is 7.18. The molecule has 2 fully saturated rings. The van der Waals surface area contributed by atoms with E-state index in [0.717, 1.165) is 37.7 Å². The maximum atomic E-state index is 5.89. The first kappa shape index (κ1) is 13.8. The first-order valence-electron chi connectivity index (χ1n) is 7.78. The van der Waals surface area contributed by atoms with Gasteiger partial charge in [-0.15, -0.1) is 0 Å². The lowest BCUT2D eigenvalue weighted by Gasteiger charge is -2.33. The van der Waals surface area contributed by atoms with Crippen molar-refractivity contribution >= 4 is 5.82 Å². The third-order valence-electron chi connectivity index (χ3n) is 4.02. The van der Waals surface area contributed by atoms with Crippen molar-refractivity contribution in [2.45, 2.75) is 45.4 Å². The van der Waals surface area contributed by atoms with Crippen LogP contribution in [0.2, 0.25) is 0 Å². The average molecular weight is 275 g/mol. The molecule has 0 radical (unpaired) electrons. The van der Waals surface area contributed by atoms with E-state index in [9.17, 15) is 0 Å². The van der Waals surface area contributed by atoms with Gasteiger partial charge in [0, 0.05) is 19.6 Å². The minimum atomic E-state index is 0.415. The average Bonchev–Trinajstić information content (AvgIpc) is 2.77. The highest BCUT2D eigenvalue weighted by molar-refractivity contribution is 5.40. The van der Waals surface area contributed by atoms with Crippen LogP contribution in [-0.4, -0.2) is 36.8 Å². The third kappa shape index (κ3) is 3.30. The predicted octanol–water partition coefficient (Wildman–Crippen LogP) is 2.19. The van der Waals surface area contributed by atoms with Gasteiger partial charge in [-0.05, 0) is 37.4 Å². The lowest BCUT2D eigenvalue weighted by molar-refractivity contribution is 0.0302. The van der Waals surface area contributed by atoms with Crippen molar-refractivity contribution in [2.24, 2.45) is 5.92 Å². The van der Waals surface area contributed by atoms with Crippen LogP contribution in [0.15, 0.2) is 18.2 Å². The fourth-order valence-corrected chi connectivity index (χ4v) is 3.03. The number of nitrogens with one attached hydrogen (secondary N) is 1. The maximum absolute atomic E-state index is 5.89. The van der Waals surface area contributed by atoms with Gasteiger partial charge >= 0.3 is 0 Å². The number of hydrogen-bond acceptors (Lipinski definition) is 4. The highest BCUT2D eigenvalue weighted by atomic mass is 16.5. The largest absolute Gasteiger partial charge is 0.371 e. The molecule has 0 spiro atoms. The van der Waals surface area contributed by atoms with Crippen LogP contribution in [0.1, 0.15) is 32.4 Å². The van der Waals surface area contributed by atoms with E-state index in [4.69, 9.17) is 9.72 Å². The molecule has 110 valence electrons. The van der Waals surface area contributed by atoms with Crippen LogP contribution >= 0.6 is 0 Å². The lowest BCUT2D eigenvalue weighted by Crippen LogP contribution is -2.43. The van der Waals surface area contributed by atoms with E-state index in [1.807, 2.05) is 0 Å². The number of pyridine rings is 1. The van der Waals surface area contributed by atoms with E-state index >= 15 is 0 Å². The van der Waals surface area contributed by atoms with Gasteiger partial charge in [0.25, 0.3) is 0 Å². The van der Waals surface area contributed by atoms with Gasteiger partial charge in [0.2, 0.25) is 0 Å². The Morgan fingerprint density at radius 1 is 1.30 bits per heavy atom. The lowest BCUT2D eigenvalue weighted by atomic mass is 10.2. The van der Waals surface area contributed by atoms with Gasteiger partial charge in [0.05, 0.1) is 17.9 Å². The monoisotopic (exact) mass is 275 g/mol. The van der Waals surface area contributed by atoms with Crippen LogP contribution in [0.3, 0.4) is 0 Å². The Hall–Kier alpha value is -1.13. The second-order valence-corrected chi connectivity index (χ2v) is 6.37. The van der Waals surface area contributed by atoms with Gasteiger partial charge in [0.1, 0.15) is 5.82 Å². The van der Waals surface area contributed by atoms with Crippen LogP contribution in [0, 0.1) is 5.92 Å². The standard InChI is InChI=1S/C16H25N3O/c1-12(2)8-17-9-13-4-3-5-16(18-13)19-10-14-6-7-15(11-19)20-14/h3-5,12,14-15,17H,6-11H2,1-2H3. The molecule has 3 rings (SSSR count). The van der Waals surface area contributed by atoms with Gasteiger partial charge < -0.3 is 15.0 Å². The van der Waals surface area contributed by atoms with Crippen molar-refractivity contribution in [1.82, 2.24) is 10.3 Å². The first-order valence-corrected chi connectivity index (χ1v) is 7.78. The van der Waals surface area contributed by atoms with Crippen LogP contribution in [0.4, 0.5) is 5.82 Å². The number of aromatic nitrogens is 1. The quantitative estimate of drug-likeness (QED) is 0.894. The Morgan fingerprint density at radius 3 is 2.75 bits per heavy atom. The first-order chi connectivity index (χ1) is 9.70. The Morgan fingerprint density at radius 2 is 2.05 bits per heavy atom. The van der Waals surface area contributed by atoms with Crippen molar-refractivity contribution in [2.75, 3.05) is 24.5 Å². The Labute approximate surface area is 121 Å². The Balaban J connectivity index is 1.62. The number of hydrogen-bond donors (Lipinski definition) is 1. The third-order valence-corrected chi connectivity index (χ3v) is 4.02. The molecule has 2 atom stereocenters. The molecule has 1 N–H and O–H groups in total. The van der Waals surface area contributed by atoms with E-state index in [2.05, 4.69) is 42.3 Å². The number of fused-ring (bicyclic) bond motifs is 2. The molecule has 1 aromatic heterocycles. The molecule has 2 bridgehead atoms. The summed E-state index contributed by atoms with van der Waals surface area (Å²) in [6, 6.07) is 6.34. The molecular weight excluding hydrogens is 250 g/mol. The van der Waals surface area contributed by atoms with Crippen molar-refractivity contribution in [3.8, 4) is 0 Å². The molecule has 2 saturated heterocycles. The molecule has 2 aliphatic rings. The van der Waals surface area contributed by atoms with Gasteiger partial charge in [-0.2, -0.15) is 0 Å². The van der Waals surface area contributed by atoms with Crippen LogP contribution in [0.5, 0.6) is 0 Å². The topological polar surface area (TPSA) is 37.4 Å². The zero-order valence-corrected chi connectivity index (χ0v) is 12.5. The molecule has 0 aromatic carbocycles. The smallest absolute Gasteiger partial charge is 0.129 e. The van der Waals surface area contributed by atoms with Crippen molar-refractivity contribution in [3.63, 3.8) is 0 Å². The normalized spacial score (nSPS) is 25.4. The number of rotatable bonds is 5. The molecule has 4 heteroatoms. The molecule has 20 heavy (non-hydrogen) atoms. The summed E-state index contributed by atoms with van der Waals surface area (Å²) >= 11 is 0. The minimum absolute atomic E-state index is 0.415. The Kier molecular flexibility index (Phi) is 4.22. The molecule has 0 saturated carbocycles. The van der Waals surface area contributed by atoms with E-state index < -0.39 is 0 Å². The van der Waals surface area contributed by atoms with Gasteiger partial charge in [-0.1, -0.05) is 19.9 Å². The van der Waals surface area contributed by atoms with E-state index in [0.29, 0.717) is 18.1 Å². The molecule has 4 nitrogen and oxygen atoms in total. The second-order valence-electron chi connectivity index (χ2n) is 6.37. The SMILES string of the molecule is CC(C)CNCc1cccc(N2CC3CCC(C2)O3)n1. The highest BCUT2D eigenvalue weighted by Crippen LogP contribution is 2.28. The predicted molar refractivity (Wildman–Crippen MR) is 80.9 cm³/mol. The van der Waals surface area contributed by atoms with E-state index in [1.54, 1.807) is 0 Å². The summed E-state index contributed by atoms with van der Waals surface area (Å²) in [6.07, 6.45) is 3.24. The molecular formula is C16H25N3O. The molecule has 0 aliphatic carbocycles. The molecule has 1 aromatic rings. The number of nitrogens with zero attached hydrogens (tertiary/aromatic N) is 2. The van der Waals surface area contributed by atoms with Crippen LogP contribution < -0.4 is 10.2 Å². The summed E-state index contributed by atoms with van der Waals surface area (Å²) in [6.45, 7) is 8.32. The van der Waals surface area contributed by atoms with E-state index in [1.165, 1.54) is 12.8 Å². The van der Waals surface area contributed by atoms with Gasteiger partial charge in [0.15, 0.2) is 0 Å². The van der Waals surface area contributed by atoms with Crippen molar-refractivity contribution in [3.05, 3.63) is 23.9 Å². The zero-order valence-electron chi connectivity index (χ0n) is 12.5. The Bertz CT molecular complexity index is 437. The maximum Gasteiger partial charge on any atom is 0.129 e. The number of morpholine rings is 1.